The highest BCUT2D eigenvalue weighted by Crippen LogP contribution is 2.35. The summed E-state index contributed by atoms with van der Waals surface area (Å²) in [4.78, 5) is 15.2. The SMILES string of the molecule is COc1cc(OC)c(C(=O)CCCN2CCCCC2C)c(OC)c1. The van der Waals surface area contributed by atoms with Crippen molar-refractivity contribution in [2.24, 2.45) is 0 Å². The first-order valence-corrected chi connectivity index (χ1v) is 8.68. The summed E-state index contributed by atoms with van der Waals surface area (Å²) in [5, 5.41) is 0. The van der Waals surface area contributed by atoms with Gasteiger partial charge >= 0.3 is 0 Å². The lowest BCUT2D eigenvalue weighted by Gasteiger charge is -2.33. The van der Waals surface area contributed by atoms with Crippen molar-refractivity contribution in [2.75, 3.05) is 34.4 Å². The number of hydrogen-bond donors (Lipinski definition) is 0. The minimum atomic E-state index is 0.0519. The molecule has 5 nitrogen and oxygen atoms in total. The summed E-state index contributed by atoms with van der Waals surface area (Å²) in [5.41, 5.74) is 0.507. The summed E-state index contributed by atoms with van der Waals surface area (Å²) in [6, 6.07) is 4.07. The normalized spacial score (nSPS) is 18.2. The van der Waals surface area contributed by atoms with Gasteiger partial charge in [-0.2, -0.15) is 0 Å². The van der Waals surface area contributed by atoms with Crippen LogP contribution in [0.2, 0.25) is 0 Å². The third kappa shape index (κ3) is 4.41. The average molecular weight is 335 g/mol. The van der Waals surface area contributed by atoms with Crippen molar-refractivity contribution >= 4 is 5.78 Å². The van der Waals surface area contributed by atoms with E-state index in [2.05, 4.69) is 11.8 Å². The van der Waals surface area contributed by atoms with Gasteiger partial charge < -0.3 is 19.1 Å². The molecular weight excluding hydrogens is 306 g/mol. The van der Waals surface area contributed by atoms with Gasteiger partial charge in [0.25, 0.3) is 0 Å². The molecule has 0 spiro atoms. The molecule has 0 aliphatic carbocycles. The van der Waals surface area contributed by atoms with Crippen molar-refractivity contribution in [1.82, 2.24) is 4.90 Å². The van der Waals surface area contributed by atoms with Gasteiger partial charge in [-0.3, -0.25) is 4.79 Å². The van der Waals surface area contributed by atoms with Crippen LogP contribution >= 0.6 is 0 Å². The van der Waals surface area contributed by atoms with Gasteiger partial charge in [0.15, 0.2) is 5.78 Å². The number of benzene rings is 1. The van der Waals surface area contributed by atoms with Crippen LogP contribution in [-0.2, 0) is 0 Å². The van der Waals surface area contributed by atoms with Crippen LogP contribution in [0, 0.1) is 0 Å². The van der Waals surface area contributed by atoms with Gasteiger partial charge in [-0.05, 0) is 39.3 Å². The Balaban J connectivity index is 2.03. The Morgan fingerprint density at radius 1 is 1.12 bits per heavy atom. The van der Waals surface area contributed by atoms with Crippen molar-refractivity contribution in [3.63, 3.8) is 0 Å². The second kappa shape index (κ2) is 8.92. The number of nitrogens with zero attached hydrogens (tertiary/aromatic N) is 1. The van der Waals surface area contributed by atoms with E-state index >= 15 is 0 Å². The second-order valence-corrected chi connectivity index (χ2v) is 6.31. The minimum absolute atomic E-state index is 0.0519. The number of methoxy groups -OCH3 is 3. The standard InChI is InChI=1S/C19H29NO4/c1-14-8-5-6-10-20(14)11-7-9-16(21)19-17(23-3)12-15(22-2)13-18(19)24-4/h12-14H,5-11H2,1-4H3. The molecule has 1 saturated heterocycles. The molecule has 1 fully saturated rings. The maximum absolute atomic E-state index is 12.7. The number of hydrogen-bond acceptors (Lipinski definition) is 5. The molecule has 2 rings (SSSR count). The first kappa shape index (κ1) is 18.6. The maximum atomic E-state index is 12.7. The molecule has 0 N–H and O–H groups in total. The molecule has 0 aromatic heterocycles. The molecule has 5 heteroatoms. The molecule has 1 aliphatic rings. The van der Waals surface area contributed by atoms with E-state index in [4.69, 9.17) is 14.2 Å². The third-order valence-electron chi connectivity index (χ3n) is 4.78. The summed E-state index contributed by atoms with van der Waals surface area (Å²) in [5.74, 6) is 1.67. The van der Waals surface area contributed by atoms with Crippen molar-refractivity contribution < 1.29 is 19.0 Å². The van der Waals surface area contributed by atoms with Gasteiger partial charge in [0.2, 0.25) is 0 Å². The molecule has 1 aromatic rings. The number of likely N-dealkylation sites (tertiary alicyclic amines) is 1. The monoisotopic (exact) mass is 335 g/mol. The fourth-order valence-electron chi connectivity index (χ4n) is 3.34. The predicted molar refractivity (Wildman–Crippen MR) is 94.5 cm³/mol. The Morgan fingerprint density at radius 3 is 2.33 bits per heavy atom. The first-order valence-electron chi connectivity index (χ1n) is 8.68. The number of ether oxygens (including phenoxy) is 3. The van der Waals surface area contributed by atoms with Gasteiger partial charge in [0.05, 0.1) is 21.3 Å². The van der Waals surface area contributed by atoms with Gasteiger partial charge in [-0.25, -0.2) is 0 Å². The summed E-state index contributed by atoms with van der Waals surface area (Å²) in [7, 11) is 4.69. The van der Waals surface area contributed by atoms with Crippen molar-refractivity contribution in [1.29, 1.82) is 0 Å². The van der Waals surface area contributed by atoms with Crippen molar-refractivity contribution in [3.05, 3.63) is 17.7 Å². The average Bonchev–Trinajstić information content (AvgIpc) is 2.61. The molecule has 1 atom stereocenters. The highest BCUT2D eigenvalue weighted by atomic mass is 16.5. The number of piperidine rings is 1. The zero-order valence-electron chi connectivity index (χ0n) is 15.3. The van der Waals surface area contributed by atoms with Crippen molar-refractivity contribution in [3.8, 4) is 17.2 Å². The molecule has 1 heterocycles. The lowest BCUT2D eigenvalue weighted by molar-refractivity contribution is 0.0958. The molecule has 0 amide bonds. The molecular formula is C19H29NO4. The smallest absolute Gasteiger partial charge is 0.170 e. The maximum Gasteiger partial charge on any atom is 0.170 e. The number of ketones is 1. The van der Waals surface area contributed by atoms with E-state index in [1.807, 2.05) is 0 Å². The lowest BCUT2D eigenvalue weighted by Crippen LogP contribution is -2.38. The molecule has 0 radical (unpaired) electrons. The van der Waals surface area contributed by atoms with Gasteiger partial charge in [0.1, 0.15) is 22.8 Å². The van der Waals surface area contributed by atoms with Gasteiger partial charge in [-0.1, -0.05) is 6.42 Å². The van der Waals surface area contributed by atoms with Crippen LogP contribution in [-0.4, -0.2) is 51.1 Å². The third-order valence-corrected chi connectivity index (χ3v) is 4.78. The van der Waals surface area contributed by atoms with E-state index in [1.165, 1.54) is 19.3 Å². The topological polar surface area (TPSA) is 48.0 Å². The predicted octanol–water partition coefficient (Wildman–Crippen LogP) is 3.55. The van der Waals surface area contributed by atoms with E-state index in [9.17, 15) is 4.79 Å². The van der Waals surface area contributed by atoms with Crippen molar-refractivity contribution in [2.45, 2.75) is 45.1 Å². The van der Waals surface area contributed by atoms with E-state index in [1.54, 1.807) is 33.5 Å². The quantitative estimate of drug-likeness (QED) is 0.680. The van der Waals surface area contributed by atoms with Crippen LogP contribution in [0.3, 0.4) is 0 Å². The summed E-state index contributed by atoms with van der Waals surface area (Å²) in [6.07, 6.45) is 5.17. The van der Waals surface area contributed by atoms with Gasteiger partial charge in [0, 0.05) is 24.6 Å². The number of rotatable bonds is 8. The molecule has 134 valence electrons. The number of carbonyl (C=O) groups is 1. The van der Waals surface area contributed by atoms with Crippen LogP contribution < -0.4 is 14.2 Å². The zero-order valence-corrected chi connectivity index (χ0v) is 15.3. The molecule has 0 saturated carbocycles. The summed E-state index contributed by atoms with van der Waals surface area (Å²) < 4.78 is 16.0. The Morgan fingerprint density at radius 2 is 1.79 bits per heavy atom. The molecule has 0 bridgehead atoms. The number of Topliss-reactive ketones (excluding diaryl/α,β-unsaturated/α-hetero) is 1. The fourth-order valence-corrected chi connectivity index (χ4v) is 3.34. The molecule has 1 aliphatic heterocycles. The molecule has 1 unspecified atom stereocenters. The Kier molecular flexibility index (Phi) is 6.91. The first-order chi connectivity index (χ1) is 11.6. The van der Waals surface area contributed by atoms with Crippen LogP contribution in [0.15, 0.2) is 12.1 Å². The fraction of sp³-hybridized carbons (Fsp3) is 0.632. The van der Waals surface area contributed by atoms with Crippen LogP contribution in [0.25, 0.3) is 0 Å². The second-order valence-electron chi connectivity index (χ2n) is 6.31. The van der Waals surface area contributed by atoms with Crippen LogP contribution in [0.5, 0.6) is 17.2 Å². The largest absolute Gasteiger partial charge is 0.496 e. The van der Waals surface area contributed by atoms with Gasteiger partial charge in [-0.15, -0.1) is 0 Å². The van der Waals surface area contributed by atoms with E-state index < -0.39 is 0 Å². The Hall–Kier alpha value is -1.75. The summed E-state index contributed by atoms with van der Waals surface area (Å²) >= 11 is 0. The zero-order chi connectivity index (χ0) is 17.5. The highest BCUT2D eigenvalue weighted by Gasteiger charge is 2.22. The van der Waals surface area contributed by atoms with E-state index in [-0.39, 0.29) is 5.78 Å². The Labute approximate surface area is 144 Å². The number of carbonyl (C=O) groups excluding carboxylic acids is 1. The minimum Gasteiger partial charge on any atom is -0.496 e. The molecule has 24 heavy (non-hydrogen) atoms. The summed E-state index contributed by atoms with van der Waals surface area (Å²) in [6.45, 7) is 4.38. The van der Waals surface area contributed by atoms with Crippen LogP contribution in [0.4, 0.5) is 0 Å². The highest BCUT2D eigenvalue weighted by molar-refractivity contribution is 6.01. The van der Waals surface area contributed by atoms with E-state index in [0.717, 1.165) is 19.5 Å². The van der Waals surface area contributed by atoms with E-state index in [0.29, 0.717) is 35.3 Å². The molecule has 1 aromatic carbocycles. The lowest BCUT2D eigenvalue weighted by atomic mass is 10.0. The van der Waals surface area contributed by atoms with Crippen LogP contribution in [0.1, 0.15) is 49.4 Å². The Bertz CT molecular complexity index is 533.